The number of amides is 2. The predicted octanol–water partition coefficient (Wildman–Crippen LogP) is 3.74. The third kappa shape index (κ3) is 4.38. The molecule has 0 saturated carbocycles. The van der Waals surface area contributed by atoms with E-state index in [1.165, 1.54) is 11.1 Å². The van der Waals surface area contributed by atoms with E-state index in [2.05, 4.69) is 54.8 Å². The second-order valence-corrected chi connectivity index (χ2v) is 7.65. The molecule has 1 atom stereocenters. The highest BCUT2D eigenvalue weighted by Gasteiger charge is 2.30. The number of benzene rings is 1. The van der Waals surface area contributed by atoms with Crippen LogP contribution < -0.4 is 10.6 Å². The monoisotopic (exact) mass is 328 g/mol. The van der Waals surface area contributed by atoms with E-state index in [1.54, 1.807) is 0 Å². The van der Waals surface area contributed by atoms with Crippen LogP contribution in [0.1, 0.15) is 50.3 Å². The van der Waals surface area contributed by atoms with Crippen molar-refractivity contribution >= 4 is 6.03 Å². The molecule has 0 aromatic heterocycles. The van der Waals surface area contributed by atoms with Crippen LogP contribution in [0.3, 0.4) is 0 Å². The van der Waals surface area contributed by atoms with Gasteiger partial charge in [0, 0.05) is 6.54 Å². The molecule has 2 aliphatic rings. The lowest BCUT2D eigenvalue weighted by Crippen LogP contribution is -2.40. The second-order valence-electron chi connectivity index (χ2n) is 7.65. The van der Waals surface area contributed by atoms with Gasteiger partial charge in [0.25, 0.3) is 0 Å². The van der Waals surface area contributed by atoms with E-state index >= 15 is 0 Å². The molecule has 4 heteroatoms. The molecule has 0 bridgehead atoms. The lowest BCUT2D eigenvalue weighted by atomic mass is 9.83. The van der Waals surface area contributed by atoms with E-state index in [0.717, 1.165) is 37.9 Å². The fourth-order valence-corrected chi connectivity index (χ4v) is 3.60. The smallest absolute Gasteiger partial charge is 0.315 e. The Kier molecular flexibility index (Phi) is 5.24. The van der Waals surface area contributed by atoms with Gasteiger partial charge in [0.05, 0.1) is 19.3 Å². The number of fused-ring (bicyclic) bond motifs is 1. The highest BCUT2D eigenvalue weighted by Crippen LogP contribution is 2.39. The maximum absolute atomic E-state index is 12.4. The molecule has 3 rings (SSSR count). The van der Waals surface area contributed by atoms with Gasteiger partial charge in [0.15, 0.2) is 0 Å². The third-order valence-corrected chi connectivity index (χ3v) is 5.02. The summed E-state index contributed by atoms with van der Waals surface area (Å²) in [4.78, 5) is 12.4. The molecule has 1 unspecified atom stereocenters. The molecule has 0 saturated heterocycles. The van der Waals surface area contributed by atoms with Crippen LogP contribution in [0.25, 0.3) is 0 Å². The molecular formula is C20H28N2O2. The molecule has 4 nitrogen and oxygen atoms in total. The van der Waals surface area contributed by atoms with Gasteiger partial charge < -0.3 is 15.4 Å². The number of carbonyl (C=O) groups is 1. The van der Waals surface area contributed by atoms with Gasteiger partial charge in [0.1, 0.15) is 0 Å². The number of hydrogen-bond donors (Lipinski definition) is 2. The summed E-state index contributed by atoms with van der Waals surface area (Å²) in [6.07, 6.45) is 6.28. The van der Waals surface area contributed by atoms with Gasteiger partial charge in [-0.2, -0.15) is 0 Å². The molecule has 1 heterocycles. The first kappa shape index (κ1) is 17.0. The van der Waals surface area contributed by atoms with Crippen molar-refractivity contribution in [2.75, 3.05) is 19.8 Å². The molecule has 0 spiro atoms. The minimum atomic E-state index is -0.0982. The lowest BCUT2D eigenvalue weighted by Gasteiger charge is -2.28. The van der Waals surface area contributed by atoms with Gasteiger partial charge in [-0.15, -0.1) is 0 Å². The fraction of sp³-hybridized carbons (Fsp3) is 0.550. The summed E-state index contributed by atoms with van der Waals surface area (Å²) >= 11 is 0. The Balaban J connectivity index is 1.65. The molecule has 2 N–H and O–H groups in total. The molecular weight excluding hydrogens is 300 g/mol. The summed E-state index contributed by atoms with van der Waals surface area (Å²) in [5.41, 5.74) is 3.99. The van der Waals surface area contributed by atoms with Crippen LogP contribution in [0.2, 0.25) is 0 Å². The Labute approximate surface area is 144 Å². The van der Waals surface area contributed by atoms with Crippen molar-refractivity contribution in [3.05, 3.63) is 47.0 Å². The zero-order valence-corrected chi connectivity index (χ0v) is 14.7. The van der Waals surface area contributed by atoms with E-state index in [9.17, 15) is 4.79 Å². The van der Waals surface area contributed by atoms with Crippen LogP contribution in [0.4, 0.5) is 4.79 Å². The van der Waals surface area contributed by atoms with E-state index < -0.39 is 0 Å². The normalized spacial score (nSPS) is 22.8. The van der Waals surface area contributed by atoms with Crippen molar-refractivity contribution in [3.63, 3.8) is 0 Å². The highest BCUT2D eigenvalue weighted by atomic mass is 16.5. The molecule has 130 valence electrons. The maximum Gasteiger partial charge on any atom is 0.315 e. The number of ether oxygens (including phenoxy) is 1. The topological polar surface area (TPSA) is 50.4 Å². The molecule has 0 fully saturated rings. The van der Waals surface area contributed by atoms with Crippen LogP contribution >= 0.6 is 0 Å². The Bertz CT molecular complexity index is 622. The summed E-state index contributed by atoms with van der Waals surface area (Å²) in [6.45, 7) is 6.54. The number of hydrogen-bond acceptors (Lipinski definition) is 2. The van der Waals surface area contributed by atoms with Gasteiger partial charge in [-0.25, -0.2) is 4.79 Å². The molecule has 1 aliphatic carbocycles. The molecule has 1 aromatic rings. The van der Waals surface area contributed by atoms with Crippen LogP contribution in [0, 0.1) is 5.41 Å². The average Bonchev–Trinajstić information content (AvgIpc) is 2.71. The fourth-order valence-electron chi connectivity index (χ4n) is 3.60. The van der Waals surface area contributed by atoms with Crippen molar-refractivity contribution < 1.29 is 9.53 Å². The summed E-state index contributed by atoms with van der Waals surface area (Å²) in [5.74, 6) is 0. The van der Waals surface area contributed by atoms with Crippen molar-refractivity contribution in [2.45, 2.75) is 45.6 Å². The SMILES string of the molecule is CC1(C)CCc2ccccc2C(NC(=O)NCC2=CCCOC2)C1. The molecule has 24 heavy (non-hydrogen) atoms. The van der Waals surface area contributed by atoms with E-state index in [1.807, 2.05) is 0 Å². The second kappa shape index (κ2) is 7.39. The van der Waals surface area contributed by atoms with E-state index in [4.69, 9.17) is 4.74 Å². The van der Waals surface area contributed by atoms with Crippen molar-refractivity contribution in [1.82, 2.24) is 10.6 Å². The quantitative estimate of drug-likeness (QED) is 0.656. The summed E-state index contributed by atoms with van der Waals surface area (Å²) in [6, 6.07) is 8.46. The zero-order valence-electron chi connectivity index (χ0n) is 14.7. The van der Waals surface area contributed by atoms with Crippen LogP contribution in [0.15, 0.2) is 35.9 Å². The standard InChI is InChI=1S/C20H28N2O2/c1-20(2)10-9-16-7-3-4-8-17(16)18(12-20)22-19(23)21-13-15-6-5-11-24-14-15/h3-4,6-8,18H,5,9-14H2,1-2H3,(H2,21,22,23). The Morgan fingerprint density at radius 1 is 1.33 bits per heavy atom. The molecule has 0 radical (unpaired) electrons. The van der Waals surface area contributed by atoms with Gasteiger partial charge in [-0.05, 0) is 47.8 Å². The van der Waals surface area contributed by atoms with Crippen LogP contribution in [0.5, 0.6) is 0 Å². The number of rotatable bonds is 3. The summed E-state index contributed by atoms with van der Waals surface area (Å²) in [7, 11) is 0. The van der Waals surface area contributed by atoms with Gasteiger partial charge in [-0.1, -0.05) is 44.2 Å². The summed E-state index contributed by atoms with van der Waals surface area (Å²) in [5, 5.41) is 6.17. The molecule has 1 aromatic carbocycles. The van der Waals surface area contributed by atoms with E-state index in [-0.39, 0.29) is 17.5 Å². The first-order valence-corrected chi connectivity index (χ1v) is 8.91. The maximum atomic E-state index is 12.4. The first-order valence-electron chi connectivity index (χ1n) is 8.91. The van der Waals surface area contributed by atoms with Crippen molar-refractivity contribution in [2.24, 2.45) is 5.41 Å². The first-order chi connectivity index (χ1) is 11.5. The Hall–Kier alpha value is -1.81. The largest absolute Gasteiger partial charge is 0.377 e. The number of carbonyl (C=O) groups excluding carboxylic acids is 1. The van der Waals surface area contributed by atoms with Gasteiger partial charge >= 0.3 is 6.03 Å². The number of aryl methyl sites for hydroxylation is 1. The lowest BCUT2D eigenvalue weighted by molar-refractivity contribution is 0.149. The van der Waals surface area contributed by atoms with Crippen LogP contribution in [-0.4, -0.2) is 25.8 Å². The van der Waals surface area contributed by atoms with E-state index in [0.29, 0.717) is 13.2 Å². The highest BCUT2D eigenvalue weighted by molar-refractivity contribution is 5.74. The van der Waals surface area contributed by atoms with Crippen molar-refractivity contribution in [1.29, 1.82) is 0 Å². The number of urea groups is 1. The zero-order chi connectivity index (χ0) is 17.0. The van der Waals surface area contributed by atoms with Crippen LogP contribution in [-0.2, 0) is 11.2 Å². The van der Waals surface area contributed by atoms with Gasteiger partial charge in [0.2, 0.25) is 0 Å². The number of nitrogens with one attached hydrogen (secondary N) is 2. The Morgan fingerprint density at radius 3 is 2.96 bits per heavy atom. The molecule has 1 aliphatic heterocycles. The summed E-state index contributed by atoms with van der Waals surface area (Å²) < 4.78 is 5.41. The molecule has 2 amide bonds. The van der Waals surface area contributed by atoms with Gasteiger partial charge in [-0.3, -0.25) is 0 Å². The predicted molar refractivity (Wildman–Crippen MR) is 96.0 cm³/mol. The Morgan fingerprint density at radius 2 is 2.17 bits per heavy atom. The minimum absolute atomic E-state index is 0.0651. The third-order valence-electron chi connectivity index (χ3n) is 5.02. The minimum Gasteiger partial charge on any atom is -0.377 e. The average molecular weight is 328 g/mol. The van der Waals surface area contributed by atoms with Crippen molar-refractivity contribution in [3.8, 4) is 0 Å².